The normalized spacial score (nSPS) is 12.0. The average Bonchev–Trinajstić information content (AvgIpc) is 3.26. The molecule has 2 amide bonds. The fraction of sp³-hybridized carbons (Fsp3) is 0.269. The number of rotatable bonds is 9. The molecule has 0 fully saturated rings. The van der Waals surface area contributed by atoms with Crippen molar-refractivity contribution in [1.82, 2.24) is 25.3 Å². The molecule has 2 aromatic heterocycles. The van der Waals surface area contributed by atoms with Crippen molar-refractivity contribution in [3.05, 3.63) is 83.6 Å². The number of hydrogen-bond donors (Lipinski definition) is 1. The lowest BCUT2D eigenvalue weighted by atomic mass is 10.0. The first-order valence-corrected chi connectivity index (χ1v) is 11.9. The molecular weight excluding hydrogens is 464 g/mol. The minimum atomic E-state index is -0.931. The largest absolute Gasteiger partial charge is 0.354 e. The molecule has 35 heavy (non-hydrogen) atoms. The Morgan fingerprint density at radius 1 is 1.06 bits per heavy atom. The lowest BCUT2D eigenvalue weighted by molar-refractivity contribution is -0.127. The van der Waals surface area contributed by atoms with Crippen molar-refractivity contribution >= 4 is 40.1 Å². The zero-order valence-corrected chi connectivity index (χ0v) is 20.4. The number of amides is 2. The number of pyridine rings is 1. The van der Waals surface area contributed by atoms with Gasteiger partial charge in [-0.2, -0.15) is 0 Å². The van der Waals surface area contributed by atoms with Gasteiger partial charge in [0.1, 0.15) is 18.1 Å². The van der Waals surface area contributed by atoms with Crippen molar-refractivity contribution in [2.24, 2.45) is 5.92 Å². The Morgan fingerprint density at radius 2 is 1.83 bits per heavy atom. The molecule has 8 nitrogen and oxygen atoms in total. The minimum Gasteiger partial charge on any atom is -0.354 e. The summed E-state index contributed by atoms with van der Waals surface area (Å²) in [6, 6.07) is 16.9. The van der Waals surface area contributed by atoms with Gasteiger partial charge in [-0.1, -0.05) is 48.9 Å². The quantitative estimate of drug-likeness (QED) is 0.375. The topological polar surface area (TPSA) is 93.0 Å². The van der Waals surface area contributed by atoms with E-state index >= 15 is 0 Å². The second-order valence-electron chi connectivity index (χ2n) is 8.64. The molecule has 0 saturated carbocycles. The van der Waals surface area contributed by atoms with E-state index in [0.717, 1.165) is 11.9 Å². The zero-order chi connectivity index (χ0) is 24.8. The molecular formula is C26H27ClN6O2. The van der Waals surface area contributed by atoms with Crippen LogP contribution in [0.3, 0.4) is 0 Å². The minimum absolute atomic E-state index is 0.0980. The number of benzene rings is 2. The summed E-state index contributed by atoms with van der Waals surface area (Å²) in [6.45, 7) is 4.59. The molecule has 180 valence electrons. The number of carbonyl (C=O) groups excluding carboxylic acids is 2. The van der Waals surface area contributed by atoms with Crippen LogP contribution in [0.15, 0.2) is 73.1 Å². The summed E-state index contributed by atoms with van der Waals surface area (Å²) in [5.41, 5.74) is 2.56. The van der Waals surface area contributed by atoms with Gasteiger partial charge < -0.3 is 5.32 Å². The summed E-state index contributed by atoms with van der Waals surface area (Å²) in [7, 11) is 0. The molecule has 2 aromatic carbocycles. The van der Waals surface area contributed by atoms with Crippen LogP contribution >= 0.6 is 11.6 Å². The van der Waals surface area contributed by atoms with E-state index in [1.165, 1.54) is 9.58 Å². The number of para-hydroxylation sites is 1. The van der Waals surface area contributed by atoms with E-state index in [9.17, 15) is 9.59 Å². The van der Waals surface area contributed by atoms with E-state index in [4.69, 9.17) is 11.6 Å². The van der Waals surface area contributed by atoms with Crippen molar-refractivity contribution in [3.63, 3.8) is 0 Å². The predicted octanol–water partition coefficient (Wildman–Crippen LogP) is 4.42. The lowest BCUT2D eigenvalue weighted by Crippen LogP contribution is -2.45. The van der Waals surface area contributed by atoms with Gasteiger partial charge in [0.25, 0.3) is 0 Å². The number of hydrogen-bond acceptors (Lipinski definition) is 5. The summed E-state index contributed by atoms with van der Waals surface area (Å²) in [5, 5.41) is 11.8. The second kappa shape index (κ2) is 11.1. The Balaban J connectivity index is 1.73. The first-order valence-electron chi connectivity index (χ1n) is 11.5. The Morgan fingerprint density at radius 3 is 2.54 bits per heavy atom. The van der Waals surface area contributed by atoms with Crippen molar-refractivity contribution in [2.45, 2.75) is 32.9 Å². The number of fused-ring (bicyclic) bond motifs is 1. The highest BCUT2D eigenvalue weighted by Gasteiger charge is 2.33. The monoisotopic (exact) mass is 490 g/mol. The smallest absolute Gasteiger partial charge is 0.249 e. The Hall–Kier alpha value is -3.78. The van der Waals surface area contributed by atoms with Crippen LogP contribution in [0, 0.1) is 5.92 Å². The molecule has 0 spiro atoms. The van der Waals surface area contributed by atoms with Gasteiger partial charge in [0.05, 0.1) is 5.52 Å². The van der Waals surface area contributed by atoms with Crippen molar-refractivity contribution in [2.75, 3.05) is 11.4 Å². The maximum Gasteiger partial charge on any atom is 0.249 e. The van der Waals surface area contributed by atoms with E-state index in [0.29, 0.717) is 34.3 Å². The first-order chi connectivity index (χ1) is 16.9. The molecule has 2 heterocycles. The van der Waals surface area contributed by atoms with E-state index in [1.807, 2.05) is 24.3 Å². The van der Waals surface area contributed by atoms with Crippen LogP contribution in [0.4, 0.5) is 5.69 Å². The van der Waals surface area contributed by atoms with Gasteiger partial charge >= 0.3 is 0 Å². The van der Waals surface area contributed by atoms with Crippen LogP contribution in [0.5, 0.6) is 0 Å². The molecule has 9 heteroatoms. The van der Waals surface area contributed by atoms with Gasteiger partial charge in [-0.05, 0) is 54.8 Å². The molecule has 1 atom stereocenters. The summed E-state index contributed by atoms with van der Waals surface area (Å²) in [6.07, 6.45) is 4.06. The summed E-state index contributed by atoms with van der Waals surface area (Å²) < 4.78 is 1.54. The molecule has 4 aromatic rings. The van der Waals surface area contributed by atoms with E-state index in [-0.39, 0.29) is 18.4 Å². The maximum absolute atomic E-state index is 13.8. The molecule has 0 aliphatic carbocycles. The zero-order valence-electron chi connectivity index (χ0n) is 19.6. The van der Waals surface area contributed by atoms with Crippen LogP contribution in [0.2, 0.25) is 5.02 Å². The van der Waals surface area contributed by atoms with Gasteiger partial charge in [0.15, 0.2) is 0 Å². The molecule has 0 bridgehead atoms. The van der Waals surface area contributed by atoms with E-state index in [2.05, 4.69) is 34.5 Å². The SMILES string of the molecule is CC(C)CCNC(=O)C(c1cccnc1)N(C(=O)Cn1nnc2ccccc21)c1ccc(Cl)cc1. The van der Waals surface area contributed by atoms with Crippen LogP contribution in [-0.4, -0.2) is 38.3 Å². The molecule has 4 rings (SSSR count). The van der Waals surface area contributed by atoms with Crippen LogP contribution in [-0.2, 0) is 16.1 Å². The Kier molecular flexibility index (Phi) is 7.72. The molecule has 0 radical (unpaired) electrons. The summed E-state index contributed by atoms with van der Waals surface area (Å²) in [5.74, 6) is -0.178. The van der Waals surface area contributed by atoms with Gasteiger partial charge in [-0.15, -0.1) is 5.10 Å². The van der Waals surface area contributed by atoms with Crippen molar-refractivity contribution in [1.29, 1.82) is 0 Å². The average molecular weight is 491 g/mol. The summed E-state index contributed by atoms with van der Waals surface area (Å²) in [4.78, 5) is 33.1. The maximum atomic E-state index is 13.8. The molecule has 0 aliphatic heterocycles. The number of halogens is 1. The molecule has 1 N–H and O–H groups in total. The third kappa shape index (κ3) is 5.84. The lowest BCUT2D eigenvalue weighted by Gasteiger charge is -2.31. The highest BCUT2D eigenvalue weighted by Crippen LogP contribution is 2.29. The number of aromatic nitrogens is 4. The fourth-order valence-electron chi connectivity index (χ4n) is 3.81. The number of nitrogens with one attached hydrogen (secondary N) is 1. The van der Waals surface area contributed by atoms with Gasteiger partial charge in [-0.25, -0.2) is 4.68 Å². The first kappa shape index (κ1) is 24.3. The number of nitrogens with zero attached hydrogens (tertiary/aromatic N) is 5. The predicted molar refractivity (Wildman–Crippen MR) is 136 cm³/mol. The molecule has 0 aliphatic rings. The van der Waals surface area contributed by atoms with Crippen LogP contribution in [0.1, 0.15) is 31.9 Å². The van der Waals surface area contributed by atoms with Gasteiger partial charge in [0, 0.05) is 35.2 Å². The van der Waals surface area contributed by atoms with Gasteiger partial charge in [-0.3, -0.25) is 19.5 Å². The second-order valence-corrected chi connectivity index (χ2v) is 9.07. The fourth-order valence-corrected chi connectivity index (χ4v) is 3.94. The molecule has 0 saturated heterocycles. The number of carbonyl (C=O) groups is 2. The third-order valence-corrected chi connectivity index (χ3v) is 5.86. The Labute approximate surface area is 208 Å². The van der Waals surface area contributed by atoms with Gasteiger partial charge in [0.2, 0.25) is 11.8 Å². The third-order valence-electron chi connectivity index (χ3n) is 5.61. The van der Waals surface area contributed by atoms with E-state index < -0.39 is 6.04 Å². The van der Waals surface area contributed by atoms with Crippen LogP contribution < -0.4 is 10.2 Å². The van der Waals surface area contributed by atoms with Crippen molar-refractivity contribution in [3.8, 4) is 0 Å². The van der Waals surface area contributed by atoms with Crippen molar-refractivity contribution < 1.29 is 9.59 Å². The van der Waals surface area contributed by atoms with Crippen LogP contribution in [0.25, 0.3) is 11.0 Å². The summed E-state index contributed by atoms with van der Waals surface area (Å²) >= 11 is 6.12. The Bertz CT molecular complexity index is 1290. The standard InChI is InChI=1S/C26H27ClN6O2/c1-18(2)13-15-29-26(35)25(19-6-5-14-28-16-19)33(21-11-9-20(27)10-12-21)24(34)17-32-23-8-4-3-7-22(23)30-31-32/h3-12,14,16,18,25H,13,15,17H2,1-2H3,(H,29,35). The van der Waals surface area contributed by atoms with E-state index in [1.54, 1.807) is 48.8 Å². The number of anilines is 1. The molecule has 1 unspecified atom stereocenters. The highest BCUT2D eigenvalue weighted by atomic mass is 35.5. The highest BCUT2D eigenvalue weighted by molar-refractivity contribution is 6.30.